The molecule has 9 heteroatoms. The molecule has 0 radical (unpaired) electrons. The molecule has 8 nitrogen and oxygen atoms in total. The van der Waals surface area contributed by atoms with E-state index in [0.717, 1.165) is 29.5 Å². The molecule has 0 amide bonds. The smallest absolute Gasteiger partial charge is 0.210 e. The number of anilines is 1. The highest BCUT2D eigenvalue weighted by Crippen LogP contribution is 2.28. The fourth-order valence-corrected chi connectivity index (χ4v) is 3.89. The van der Waals surface area contributed by atoms with E-state index in [1.807, 2.05) is 48.8 Å². The number of sulfonamides is 1. The Morgan fingerprint density at radius 2 is 1.84 bits per heavy atom. The lowest BCUT2D eigenvalue weighted by molar-refractivity contribution is 0.298. The molecule has 0 fully saturated rings. The van der Waals surface area contributed by atoms with E-state index in [1.54, 1.807) is 14.2 Å². The van der Waals surface area contributed by atoms with Gasteiger partial charge in [0.15, 0.2) is 11.4 Å². The largest absolute Gasteiger partial charge is 0.497 e. The number of rotatable bonds is 10. The van der Waals surface area contributed by atoms with Crippen LogP contribution in [0.5, 0.6) is 11.5 Å². The maximum Gasteiger partial charge on any atom is 0.210 e. The van der Waals surface area contributed by atoms with Gasteiger partial charge in [-0.2, -0.15) is 0 Å². The zero-order valence-corrected chi connectivity index (χ0v) is 19.5. The van der Waals surface area contributed by atoms with Gasteiger partial charge in [-0.25, -0.2) is 17.7 Å². The number of benzene rings is 1. The lowest BCUT2D eigenvalue weighted by atomic mass is 10.2. The summed E-state index contributed by atoms with van der Waals surface area (Å²) < 4.78 is 37.5. The van der Waals surface area contributed by atoms with Gasteiger partial charge in [-0.3, -0.25) is 4.40 Å². The number of fused-ring (bicyclic) bond motifs is 1. The van der Waals surface area contributed by atoms with Gasteiger partial charge in [0.05, 0.1) is 25.7 Å². The zero-order chi connectivity index (χ0) is 22.6. The number of pyridine rings is 1. The number of aromatic nitrogens is 2. The normalized spacial score (nSPS) is 11.8. The quantitative estimate of drug-likeness (QED) is 0.446. The maximum atomic E-state index is 11.5. The number of hydrogen-bond acceptors (Lipinski definition) is 6. The van der Waals surface area contributed by atoms with Crippen LogP contribution in [0.15, 0.2) is 42.6 Å². The number of ether oxygens (including phenoxy) is 2. The highest BCUT2D eigenvalue weighted by molar-refractivity contribution is 7.88. The fourth-order valence-electron chi connectivity index (χ4n) is 3.43. The monoisotopic (exact) mass is 446 g/mol. The minimum Gasteiger partial charge on any atom is -0.497 e. The molecule has 0 saturated carbocycles. The van der Waals surface area contributed by atoms with Crippen molar-refractivity contribution in [2.45, 2.75) is 19.9 Å². The van der Waals surface area contributed by atoms with E-state index in [4.69, 9.17) is 14.5 Å². The third-order valence-corrected chi connectivity index (χ3v) is 6.45. The Kier molecular flexibility index (Phi) is 7.07. The summed E-state index contributed by atoms with van der Waals surface area (Å²) in [5.74, 6) is 2.51. The molecule has 0 atom stereocenters. The third-order valence-electron chi connectivity index (χ3n) is 5.14. The maximum absolute atomic E-state index is 11.5. The SMILES string of the molecule is COc1ccc(CN(C)c2c(C)nc3c(OCCCN(C)S(C)(=O)=O)cccn23)cc1. The molecular formula is C22H30N4O4S. The standard InChI is InChI=1S/C22H30N4O4S/c1-17-22(24(2)16-18-9-11-19(29-4)12-10-18)26-14-6-8-20(21(26)23-17)30-15-7-13-25(3)31(5,27)28/h6,8-12,14H,7,13,15-16H2,1-5H3. The summed E-state index contributed by atoms with van der Waals surface area (Å²) in [6.45, 7) is 3.52. The first-order valence-electron chi connectivity index (χ1n) is 10.1. The number of methoxy groups -OCH3 is 1. The Morgan fingerprint density at radius 1 is 1.13 bits per heavy atom. The average Bonchev–Trinajstić information content (AvgIpc) is 3.07. The summed E-state index contributed by atoms with van der Waals surface area (Å²) in [6.07, 6.45) is 3.76. The van der Waals surface area contributed by atoms with Crippen molar-refractivity contribution in [2.75, 3.05) is 45.5 Å². The molecule has 0 unspecified atom stereocenters. The summed E-state index contributed by atoms with van der Waals surface area (Å²) in [6, 6.07) is 11.8. The minimum atomic E-state index is -3.18. The average molecular weight is 447 g/mol. The van der Waals surface area contributed by atoms with Crippen molar-refractivity contribution in [2.24, 2.45) is 0 Å². The number of hydrogen-bond donors (Lipinski definition) is 0. The first kappa shape index (κ1) is 22.9. The topological polar surface area (TPSA) is 76.4 Å². The number of aryl methyl sites for hydroxylation is 1. The highest BCUT2D eigenvalue weighted by atomic mass is 32.2. The first-order chi connectivity index (χ1) is 14.7. The van der Waals surface area contributed by atoms with E-state index in [9.17, 15) is 8.42 Å². The van der Waals surface area contributed by atoms with Gasteiger partial charge in [-0.15, -0.1) is 0 Å². The summed E-state index contributed by atoms with van der Waals surface area (Å²) in [7, 11) is 2.09. The van der Waals surface area contributed by atoms with E-state index < -0.39 is 10.0 Å². The minimum absolute atomic E-state index is 0.405. The Hall–Kier alpha value is -2.78. The van der Waals surface area contributed by atoms with E-state index in [1.165, 1.54) is 16.1 Å². The van der Waals surface area contributed by atoms with Crippen molar-refractivity contribution in [1.82, 2.24) is 13.7 Å². The van der Waals surface area contributed by atoms with Gasteiger partial charge in [0.1, 0.15) is 11.6 Å². The van der Waals surface area contributed by atoms with E-state index in [0.29, 0.717) is 25.3 Å². The molecule has 0 aliphatic carbocycles. The summed E-state index contributed by atoms with van der Waals surface area (Å²) in [4.78, 5) is 6.88. The zero-order valence-electron chi connectivity index (χ0n) is 18.7. The van der Waals surface area contributed by atoms with Crippen LogP contribution in [0.25, 0.3) is 5.65 Å². The van der Waals surface area contributed by atoms with Crippen LogP contribution in [0.4, 0.5) is 5.82 Å². The van der Waals surface area contributed by atoms with Crippen LogP contribution < -0.4 is 14.4 Å². The summed E-state index contributed by atoms with van der Waals surface area (Å²) in [5, 5.41) is 0. The lowest BCUT2D eigenvalue weighted by Crippen LogP contribution is -2.27. The molecule has 0 aliphatic heterocycles. The Balaban J connectivity index is 1.73. The van der Waals surface area contributed by atoms with Gasteiger partial charge in [-0.05, 0) is 43.2 Å². The molecule has 0 aliphatic rings. The Labute approximate surface area is 184 Å². The Bertz CT molecular complexity index is 1130. The van der Waals surface area contributed by atoms with Gasteiger partial charge in [0.25, 0.3) is 0 Å². The predicted octanol–water partition coefficient (Wildman–Crippen LogP) is 2.95. The van der Waals surface area contributed by atoms with Crippen LogP contribution in [0.1, 0.15) is 17.7 Å². The first-order valence-corrected chi connectivity index (χ1v) is 11.9. The molecule has 0 spiro atoms. The molecule has 31 heavy (non-hydrogen) atoms. The van der Waals surface area contributed by atoms with Crippen molar-refractivity contribution >= 4 is 21.5 Å². The lowest BCUT2D eigenvalue weighted by Gasteiger charge is -2.20. The molecule has 0 saturated heterocycles. The summed E-state index contributed by atoms with van der Waals surface area (Å²) in [5.41, 5.74) is 2.82. The van der Waals surface area contributed by atoms with E-state index in [-0.39, 0.29) is 0 Å². The van der Waals surface area contributed by atoms with Crippen molar-refractivity contribution in [3.05, 3.63) is 53.9 Å². The van der Waals surface area contributed by atoms with E-state index in [2.05, 4.69) is 17.0 Å². The fraction of sp³-hybridized carbons (Fsp3) is 0.409. The Morgan fingerprint density at radius 3 is 2.48 bits per heavy atom. The van der Waals surface area contributed by atoms with Crippen molar-refractivity contribution in [3.8, 4) is 11.5 Å². The molecule has 2 heterocycles. The molecule has 3 aromatic rings. The van der Waals surface area contributed by atoms with Crippen LogP contribution in [-0.4, -0.2) is 62.7 Å². The second kappa shape index (κ2) is 9.57. The van der Waals surface area contributed by atoms with Gasteiger partial charge in [0.2, 0.25) is 10.0 Å². The number of nitrogens with zero attached hydrogens (tertiary/aromatic N) is 4. The van der Waals surface area contributed by atoms with Gasteiger partial charge < -0.3 is 14.4 Å². The second-order valence-corrected chi connectivity index (χ2v) is 9.67. The van der Waals surface area contributed by atoms with E-state index >= 15 is 0 Å². The molecule has 0 bridgehead atoms. The molecule has 0 N–H and O–H groups in total. The molecule has 1 aromatic carbocycles. The predicted molar refractivity (Wildman–Crippen MR) is 123 cm³/mol. The second-order valence-electron chi connectivity index (χ2n) is 7.58. The number of imidazole rings is 1. The van der Waals surface area contributed by atoms with Gasteiger partial charge in [-0.1, -0.05) is 12.1 Å². The van der Waals surface area contributed by atoms with Crippen LogP contribution in [0.2, 0.25) is 0 Å². The molecule has 168 valence electrons. The van der Waals surface area contributed by atoms with Crippen LogP contribution in [0.3, 0.4) is 0 Å². The van der Waals surface area contributed by atoms with Crippen molar-refractivity contribution in [1.29, 1.82) is 0 Å². The molecule has 3 rings (SSSR count). The molecular weight excluding hydrogens is 416 g/mol. The highest BCUT2D eigenvalue weighted by Gasteiger charge is 2.16. The third kappa shape index (κ3) is 5.48. The van der Waals surface area contributed by atoms with Gasteiger partial charge >= 0.3 is 0 Å². The summed E-state index contributed by atoms with van der Waals surface area (Å²) >= 11 is 0. The van der Waals surface area contributed by atoms with Gasteiger partial charge in [0, 0.05) is 33.4 Å². The van der Waals surface area contributed by atoms with Crippen LogP contribution in [-0.2, 0) is 16.6 Å². The van der Waals surface area contributed by atoms with Crippen LogP contribution >= 0.6 is 0 Å². The van der Waals surface area contributed by atoms with Crippen molar-refractivity contribution < 1.29 is 17.9 Å². The van der Waals surface area contributed by atoms with Crippen molar-refractivity contribution in [3.63, 3.8) is 0 Å². The molecule has 2 aromatic heterocycles. The van der Waals surface area contributed by atoms with Crippen LogP contribution in [0, 0.1) is 6.92 Å².